The Kier molecular flexibility index (Phi) is 7.74. The molecule has 2 saturated heterocycles. The number of methoxy groups -OCH3 is 1. The van der Waals surface area contributed by atoms with Gasteiger partial charge in [-0.1, -0.05) is 17.7 Å². The molecule has 2 aromatic carbocycles. The number of benzene rings is 2. The number of amides is 1. The Labute approximate surface area is 244 Å². The predicted molar refractivity (Wildman–Crippen MR) is 159 cm³/mol. The fourth-order valence-corrected chi connectivity index (χ4v) is 7.56. The van der Waals surface area contributed by atoms with E-state index in [1.165, 1.54) is 0 Å². The number of thiazole rings is 1. The molecule has 3 heterocycles. The number of ether oxygens (including phenoxy) is 2. The van der Waals surface area contributed by atoms with Crippen molar-refractivity contribution in [1.82, 2.24) is 9.88 Å². The number of likely N-dealkylation sites (tertiary alicyclic amines) is 1. The maximum Gasteiger partial charge on any atom is 0.307 e. The van der Waals surface area contributed by atoms with Crippen molar-refractivity contribution in [2.75, 3.05) is 38.2 Å². The monoisotopic (exact) mass is 575 g/mol. The zero-order chi connectivity index (χ0) is 28.7. The summed E-state index contributed by atoms with van der Waals surface area (Å²) in [5.41, 5.74) is 5.67. The molecular weight excluding hydrogens is 538 g/mol. The number of nitrogens with zero attached hydrogens (tertiary/aromatic N) is 3. The molecule has 3 aliphatic rings. The molecule has 0 radical (unpaired) electrons. The molecule has 1 aliphatic carbocycles. The van der Waals surface area contributed by atoms with Gasteiger partial charge in [-0.15, -0.1) is 11.3 Å². The summed E-state index contributed by atoms with van der Waals surface area (Å²) in [7, 11) is 1.69. The van der Waals surface area contributed by atoms with E-state index in [2.05, 4.69) is 23.3 Å². The lowest BCUT2D eigenvalue weighted by molar-refractivity contribution is -0.144. The molecule has 1 saturated carbocycles. The van der Waals surface area contributed by atoms with Crippen LogP contribution in [0.2, 0.25) is 0 Å². The minimum Gasteiger partial charge on any atom is -0.488 e. The minimum absolute atomic E-state index is 0.0421. The second-order valence-electron chi connectivity index (χ2n) is 11.7. The Morgan fingerprint density at radius 3 is 2.51 bits per heavy atom. The molecule has 3 aromatic rings. The largest absolute Gasteiger partial charge is 0.488 e. The lowest BCUT2D eigenvalue weighted by Crippen LogP contribution is -2.44. The van der Waals surface area contributed by atoms with Gasteiger partial charge in [-0.05, 0) is 80.3 Å². The highest BCUT2D eigenvalue weighted by Gasteiger charge is 2.46. The molecule has 216 valence electrons. The van der Waals surface area contributed by atoms with E-state index in [1.54, 1.807) is 18.4 Å². The summed E-state index contributed by atoms with van der Waals surface area (Å²) in [6.45, 7) is 7.31. The van der Waals surface area contributed by atoms with Gasteiger partial charge in [-0.3, -0.25) is 9.59 Å². The summed E-state index contributed by atoms with van der Waals surface area (Å²) in [6, 6.07) is 12.0. The molecule has 8 nitrogen and oxygen atoms in total. The molecule has 3 atom stereocenters. The number of carbonyl (C=O) groups excluding carboxylic acids is 1. The van der Waals surface area contributed by atoms with Crippen LogP contribution in [-0.4, -0.2) is 66.3 Å². The summed E-state index contributed by atoms with van der Waals surface area (Å²) >= 11 is 1.61. The van der Waals surface area contributed by atoms with E-state index in [0.29, 0.717) is 18.7 Å². The summed E-state index contributed by atoms with van der Waals surface area (Å²) < 4.78 is 11.8. The van der Waals surface area contributed by atoms with Gasteiger partial charge in [0.15, 0.2) is 5.13 Å². The van der Waals surface area contributed by atoms with Gasteiger partial charge in [0.05, 0.1) is 17.7 Å². The minimum atomic E-state index is -0.651. The highest BCUT2D eigenvalue weighted by molar-refractivity contribution is 7.14. The first kappa shape index (κ1) is 27.7. The first-order valence-corrected chi connectivity index (χ1v) is 15.3. The van der Waals surface area contributed by atoms with Crippen LogP contribution in [0.4, 0.5) is 5.13 Å². The Balaban J connectivity index is 1.15. The molecule has 41 heavy (non-hydrogen) atoms. The smallest absolute Gasteiger partial charge is 0.307 e. The van der Waals surface area contributed by atoms with Crippen LogP contribution in [0.25, 0.3) is 11.3 Å². The first-order chi connectivity index (χ1) is 19.8. The maximum atomic E-state index is 13.0. The van der Waals surface area contributed by atoms with Crippen LogP contribution in [0.5, 0.6) is 5.75 Å². The van der Waals surface area contributed by atoms with Gasteiger partial charge in [0.2, 0.25) is 0 Å². The quantitative estimate of drug-likeness (QED) is 0.384. The third-order valence-electron chi connectivity index (χ3n) is 9.03. The van der Waals surface area contributed by atoms with Crippen molar-refractivity contribution in [2.45, 2.75) is 45.8 Å². The topological polar surface area (TPSA) is 92.2 Å². The summed E-state index contributed by atoms with van der Waals surface area (Å²) in [5.74, 6) is 0.320. The van der Waals surface area contributed by atoms with Crippen molar-refractivity contribution in [3.05, 3.63) is 64.0 Å². The number of carboxylic acids is 1. The summed E-state index contributed by atoms with van der Waals surface area (Å²) in [5, 5.41) is 12.7. The molecule has 1 amide bonds. The van der Waals surface area contributed by atoms with E-state index < -0.39 is 5.97 Å². The zero-order valence-electron chi connectivity index (χ0n) is 23.8. The van der Waals surface area contributed by atoms with Gasteiger partial charge in [-0.2, -0.15) is 0 Å². The number of aromatic nitrogens is 1. The second-order valence-corrected chi connectivity index (χ2v) is 12.5. The lowest BCUT2D eigenvalue weighted by Gasteiger charge is -2.35. The van der Waals surface area contributed by atoms with E-state index in [0.717, 1.165) is 77.7 Å². The number of fused-ring (bicyclic) bond motifs is 2. The molecule has 3 fully saturated rings. The zero-order valence-corrected chi connectivity index (χ0v) is 24.7. The molecule has 1 N–H and O–H groups in total. The van der Waals surface area contributed by atoms with Crippen LogP contribution in [0.3, 0.4) is 0 Å². The van der Waals surface area contributed by atoms with Gasteiger partial charge in [0, 0.05) is 49.8 Å². The average Bonchev–Trinajstić information content (AvgIpc) is 3.70. The molecule has 2 bridgehead atoms. The van der Waals surface area contributed by atoms with Crippen molar-refractivity contribution in [2.24, 2.45) is 17.8 Å². The first-order valence-electron chi connectivity index (χ1n) is 14.4. The van der Waals surface area contributed by atoms with Crippen molar-refractivity contribution < 1.29 is 24.2 Å². The molecule has 9 heteroatoms. The second kappa shape index (κ2) is 11.4. The van der Waals surface area contributed by atoms with E-state index in [-0.39, 0.29) is 29.8 Å². The van der Waals surface area contributed by atoms with Gasteiger partial charge >= 0.3 is 5.97 Å². The van der Waals surface area contributed by atoms with Crippen molar-refractivity contribution in [1.29, 1.82) is 0 Å². The SMILES string of the molecule is CO[C@@H]1CCN(C(=O)c2ccc(COc3ccc(C)cc3-c3csc(N4CC5CCC(C4)C5C(=O)O)n3)c(C)c2)C1. The molecule has 6 rings (SSSR count). The average molecular weight is 576 g/mol. The van der Waals surface area contributed by atoms with E-state index in [9.17, 15) is 14.7 Å². The number of hydrogen-bond donors (Lipinski definition) is 1. The number of rotatable bonds is 8. The van der Waals surface area contributed by atoms with Crippen LogP contribution >= 0.6 is 11.3 Å². The van der Waals surface area contributed by atoms with E-state index >= 15 is 0 Å². The van der Waals surface area contributed by atoms with E-state index in [4.69, 9.17) is 14.5 Å². The lowest BCUT2D eigenvalue weighted by atomic mass is 9.85. The molecule has 1 aromatic heterocycles. The molecule has 2 aliphatic heterocycles. The molecule has 0 spiro atoms. The standard InChI is InChI=1S/C32H37N3O5S/c1-19-4-9-28(40-17-24-8-5-21(13-20(24)2)30(36)34-11-10-25(16-34)39-3)26(12-19)27-18-41-32(33-27)35-14-22-6-7-23(15-35)29(22)31(37)38/h4-5,8-9,12-13,18,22-23,25,29H,6-7,10-11,14-17H2,1-3H3,(H,37,38)/t22?,23?,25-,29?/m1/s1. The molecule has 2 unspecified atom stereocenters. The van der Waals surface area contributed by atoms with Crippen molar-refractivity contribution >= 4 is 28.3 Å². The van der Waals surface area contributed by atoms with Crippen LogP contribution in [-0.2, 0) is 16.1 Å². The van der Waals surface area contributed by atoms with Gasteiger partial charge in [0.25, 0.3) is 5.91 Å². The van der Waals surface area contributed by atoms with Crippen LogP contribution in [0.15, 0.2) is 41.8 Å². The number of aliphatic carboxylic acids is 1. The van der Waals surface area contributed by atoms with Crippen LogP contribution in [0, 0.1) is 31.6 Å². The number of carboxylic acid groups (broad SMARTS) is 1. The van der Waals surface area contributed by atoms with Crippen molar-refractivity contribution in [3.63, 3.8) is 0 Å². The third kappa shape index (κ3) is 5.57. The fourth-order valence-electron chi connectivity index (χ4n) is 6.72. The summed E-state index contributed by atoms with van der Waals surface area (Å²) in [6.07, 6.45) is 2.95. The van der Waals surface area contributed by atoms with E-state index in [1.807, 2.05) is 42.2 Å². The summed E-state index contributed by atoms with van der Waals surface area (Å²) in [4.78, 5) is 33.9. The number of piperidine rings is 1. The Morgan fingerprint density at radius 2 is 1.83 bits per heavy atom. The number of anilines is 1. The van der Waals surface area contributed by atoms with Crippen molar-refractivity contribution in [3.8, 4) is 17.0 Å². The maximum absolute atomic E-state index is 13.0. The number of carbonyl (C=O) groups is 2. The van der Waals surface area contributed by atoms with Gasteiger partial charge < -0.3 is 24.4 Å². The molecular formula is C32H37N3O5S. The Morgan fingerprint density at radius 1 is 1.05 bits per heavy atom. The van der Waals surface area contributed by atoms with Gasteiger partial charge in [0.1, 0.15) is 12.4 Å². The highest BCUT2D eigenvalue weighted by Crippen LogP contribution is 2.44. The Hall–Kier alpha value is -3.43. The predicted octanol–water partition coefficient (Wildman–Crippen LogP) is 5.41. The fraction of sp³-hybridized carbons (Fsp3) is 0.469. The normalized spacial score (nSPS) is 23.7. The van der Waals surface area contributed by atoms with Crippen LogP contribution < -0.4 is 9.64 Å². The highest BCUT2D eigenvalue weighted by atomic mass is 32.1. The number of hydrogen-bond acceptors (Lipinski definition) is 7. The Bertz CT molecular complexity index is 1440. The van der Waals surface area contributed by atoms with Gasteiger partial charge in [-0.25, -0.2) is 4.98 Å². The van der Waals surface area contributed by atoms with Crippen LogP contribution in [0.1, 0.15) is 46.3 Å². The third-order valence-corrected chi connectivity index (χ3v) is 9.93. The number of aryl methyl sites for hydroxylation is 2.